The number of fused-ring (bicyclic) bond motifs is 3. The van der Waals surface area contributed by atoms with Crippen molar-refractivity contribution in [3.8, 4) is 0 Å². The van der Waals surface area contributed by atoms with Crippen molar-refractivity contribution >= 4 is 11.6 Å². The van der Waals surface area contributed by atoms with Gasteiger partial charge < -0.3 is 11.1 Å². The van der Waals surface area contributed by atoms with E-state index in [0.717, 1.165) is 55.4 Å². The summed E-state index contributed by atoms with van der Waals surface area (Å²) in [5.74, 6) is 2.49. The van der Waals surface area contributed by atoms with E-state index in [1.165, 1.54) is 31.9 Å². The summed E-state index contributed by atoms with van der Waals surface area (Å²) < 4.78 is 0. The molecule has 0 aromatic carbocycles. The van der Waals surface area contributed by atoms with Gasteiger partial charge in [0.2, 0.25) is 0 Å². The van der Waals surface area contributed by atoms with Crippen molar-refractivity contribution in [2.24, 2.45) is 28.5 Å². The number of allylic oxidation sites excluding steroid dienone is 4. The van der Waals surface area contributed by atoms with Gasteiger partial charge in [-0.15, -0.1) is 0 Å². The van der Waals surface area contributed by atoms with Crippen molar-refractivity contribution in [2.75, 3.05) is 7.05 Å². The van der Waals surface area contributed by atoms with E-state index >= 15 is 0 Å². The predicted octanol–water partition coefficient (Wildman–Crippen LogP) is 3.65. The fourth-order valence-electron chi connectivity index (χ4n) is 5.58. The maximum absolute atomic E-state index is 13.2. The maximum atomic E-state index is 13.2. The number of rotatable bonds is 4. The number of nitrogens with two attached hydrogens (primary N) is 1. The van der Waals surface area contributed by atoms with Crippen LogP contribution in [0.4, 0.5) is 0 Å². The number of hydrogen-bond donors (Lipinski definition) is 2. The van der Waals surface area contributed by atoms with Crippen LogP contribution >= 0.6 is 0 Å². The van der Waals surface area contributed by atoms with Crippen LogP contribution in [-0.2, 0) is 4.79 Å². The molecule has 3 fully saturated rings. The second kappa shape index (κ2) is 7.05. The molecule has 0 heterocycles. The molecule has 140 valence electrons. The fraction of sp³-hybridized carbons (Fsp3) is 0.636. The van der Waals surface area contributed by atoms with E-state index in [4.69, 9.17) is 5.73 Å². The maximum Gasteiger partial charge on any atom is 0.255 e. The quantitative estimate of drug-likeness (QED) is 0.598. The minimum Gasteiger partial charge on any atom is -0.404 e. The molecule has 0 spiro atoms. The average Bonchev–Trinajstić information content (AvgIpc) is 3.37. The van der Waals surface area contributed by atoms with Gasteiger partial charge in [0.05, 0.1) is 11.3 Å². The van der Waals surface area contributed by atoms with Crippen molar-refractivity contribution in [3.05, 3.63) is 35.6 Å². The van der Waals surface area contributed by atoms with Gasteiger partial charge in [-0.1, -0.05) is 31.1 Å². The first kappa shape index (κ1) is 17.6. The first-order chi connectivity index (χ1) is 12.6. The fourth-order valence-corrected chi connectivity index (χ4v) is 5.58. The standard InChI is InChI=1S/C22H31N3O/c1-24-20(16-7-3-2-4-8-16)19(14-23)21(26)25-22-9-5-6-15(12-22)10-17-11-18(17)13-22/h3,7-8,14-15,17-18H,2,4-6,9-13,23H2,1H3,(H,25,26). The van der Waals surface area contributed by atoms with Gasteiger partial charge in [-0.2, -0.15) is 0 Å². The van der Waals surface area contributed by atoms with E-state index in [2.05, 4.69) is 28.5 Å². The van der Waals surface area contributed by atoms with Gasteiger partial charge in [-0.25, -0.2) is 0 Å². The molecule has 2 bridgehead atoms. The third-order valence-electron chi connectivity index (χ3n) is 6.84. The van der Waals surface area contributed by atoms with Gasteiger partial charge in [0, 0.05) is 18.8 Å². The smallest absolute Gasteiger partial charge is 0.255 e. The highest BCUT2D eigenvalue weighted by atomic mass is 16.1. The molecule has 3 N–H and O–H groups in total. The van der Waals surface area contributed by atoms with Crippen molar-refractivity contribution in [2.45, 2.75) is 63.3 Å². The highest BCUT2D eigenvalue weighted by molar-refractivity contribution is 6.28. The molecule has 0 radical (unpaired) electrons. The zero-order valence-electron chi connectivity index (χ0n) is 15.8. The summed E-state index contributed by atoms with van der Waals surface area (Å²) in [5.41, 5.74) is 8.10. The number of aliphatic imine (C=N–C) groups is 1. The molecule has 0 aromatic heterocycles. The number of nitrogens with zero attached hydrogens (tertiary/aromatic N) is 1. The van der Waals surface area contributed by atoms with Gasteiger partial charge in [-0.05, 0) is 68.3 Å². The summed E-state index contributed by atoms with van der Waals surface area (Å²) in [6, 6.07) is 0. The Morgan fingerprint density at radius 2 is 2.19 bits per heavy atom. The minimum atomic E-state index is -0.0484. The normalized spacial score (nSPS) is 36.7. The average molecular weight is 354 g/mol. The molecule has 0 aromatic rings. The van der Waals surface area contributed by atoms with E-state index in [1.54, 1.807) is 7.05 Å². The molecule has 3 saturated carbocycles. The Morgan fingerprint density at radius 1 is 1.31 bits per heavy atom. The first-order valence-corrected chi connectivity index (χ1v) is 10.2. The lowest BCUT2D eigenvalue weighted by molar-refractivity contribution is -0.119. The van der Waals surface area contributed by atoms with Crippen LogP contribution in [0.15, 0.2) is 40.6 Å². The Labute approximate surface area is 156 Å². The summed E-state index contributed by atoms with van der Waals surface area (Å²) >= 11 is 0. The number of carbonyl (C=O) groups is 1. The van der Waals surface area contributed by atoms with E-state index in [0.29, 0.717) is 11.3 Å². The van der Waals surface area contributed by atoms with Crippen LogP contribution < -0.4 is 11.1 Å². The summed E-state index contributed by atoms with van der Waals surface area (Å²) in [4.78, 5) is 17.6. The number of amides is 1. The van der Waals surface area contributed by atoms with Crippen molar-refractivity contribution in [1.82, 2.24) is 5.32 Å². The molecule has 26 heavy (non-hydrogen) atoms. The molecule has 4 aliphatic carbocycles. The zero-order chi connectivity index (χ0) is 18.1. The summed E-state index contributed by atoms with van der Waals surface area (Å²) in [6.07, 6.45) is 18.5. The second-order valence-corrected chi connectivity index (χ2v) is 8.68. The second-order valence-electron chi connectivity index (χ2n) is 8.68. The molecule has 4 unspecified atom stereocenters. The topological polar surface area (TPSA) is 67.5 Å². The first-order valence-electron chi connectivity index (χ1n) is 10.2. The third-order valence-corrected chi connectivity index (χ3v) is 6.84. The summed E-state index contributed by atoms with van der Waals surface area (Å²) in [6.45, 7) is 0. The van der Waals surface area contributed by atoms with Crippen LogP contribution in [0.3, 0.4) is 0 Å². The van der Waals surface area contributed by atoms with Crippen LogP contribution in [0.1, 0.15) is 57.8 Å². The molecule has 4 atom stereocenters. The molecule has 4 rings (SSSR count). The molecule has 4 heteroatoms. The Hall–Kier alpha value is -1.84. The predicted molar refractivity (Wildman–Crippen MR) is 106 cm³/mol. The van der Waals surface area contributed by atoms with Crippen molar-refractivity contribution in [3.63, 3.8) is 0 Å². The summed E-state index contributed by atoms with van der Waals surface area (Å²) in [5, 5.41) is 3.45. The van der Waals surface area contributed by atoms with Gasteiger partial charge in [0.1, 0.15) is 0 Å². The third kappa shape index (κ3) is 3.38. The Bertz CT molecular complexity index is 698. The lowest BCUT2D eigenvalue weighted by Crippen LogP contribution is -2.52. The van der Waals surface area contributed by atoms with E-state index in [1.807, 2.05) is 0 Å². The van der Waals surface area contributed by atoms with E-state index < -0.39 is 0 Å². The van der Waals surface area contributed by atoms with Crippen molar-refractivity contribution < 1.29 is 4.79 Å². The summed E-state index contributed by atoms with van der Waals surface area (Å²) in [7, 11) is 1.74. The Balaban J connectivity index is 1.54. The zero-order valence-corrected chi connectivity index (χ0v) is 15.8. The van der Waals surface area contributed by atoms with Crippen LogP contribution in [-0.4, -0.2) is 24.2 Å². The number of carbonyl (C=O) groups excluding carboxylic acids is 1. The van der Waals surface area contributed by atoms with Gasteiger partial charge in [0.15, 0.2) is 0 Å². The van der Waals surface area contributed by atoms with Gasteiger partial charge in [0.25, 0.3) is 5.91 Å². The Morgan fingerprint density at radius 3 is 2.92 bits per heavy atom. The largest absolute Gasteiger partial charge is 0.404 e. The highest BCUT2D eigenvalue weighted by Crippen LogP contribution is 2.56. The lowest BCUT2D eigenvalue weighted by atomic mass is 9.73. The van der Waals surface area contributed by atoms with Crippen molar-refractivity contribution in [1.29, 1.82) is 0 Å². The molecule has 4 nitrogen and oxygen atoms in total. The molecule has 0 saturated heterocycles. The van der Waals surface area contributed by atoms with Crippen LogP contribution in [0, 0.1) is 17.8 Å². The highest BCUT2D eigenvalue weighted by Gasteiger charge is 2.51. The Kier molecular flexibility index (Phi) is 4.76. The molecule has 4 aliphatic rings. The molecule has 1 amide bonds. The van der Waals surface area contributed by atoms with E-state index in [-0.39, 0.29) is 11.4 Å². The van der Waals surface area contributed by atoms with Gasteiger partial charge in [-0.3, -0.25) is 9.79 Å². The molecular formula is C22H31N3O. The number of hydrogen-bond acceptors (Lipinski definition) is 3. The molecule has 0 aliphatic heterocycles. The van der Waals surface area contributed by atoms with Gasteiger partial charge >= 0.3 is 0 Å². The van der Waals surface area contributed by atoms with Crippen LogP contribution in [0.25, 0.3) is 0 Å². The van der Waals surface area contributed by atoms with Crippen LogP contribution in [0.2, 0.25) is 0 Å². The number of nitrogens with one attached hydrogen (secondary N) is 1. The SMILES string of the molecule is CN=C(C1=CCCC=C1)C(=CN)C(=O)NC12CCCC(CC3CC3C1)C2. The van der Waals surface area contributed by atoms with Crippen LogP contribution in [0.5, 0.6) is 0 Å². The van der Waals surface area contributed by atoms with E-state index in [9.17, 15) is 4.79 Å². The lowest BCUT2D eigenvalue weighted by Gasteiger charge is -2.41. The molecular weight excluding hydrogens is 322 g/mol. The monoisotopic (exact) mass is 353 g/mol. The minimum absolute atomic E-state index is 0.0280.